The largest absolute Gasteiger partial charge is 0.343 e. The van der Waals surface area contributed by atoms with Gasteiger partial charge < -0.3 is 10.2 Å². The van der Waals surface area contributed by atoms with Crippen LogP contribution < -0.4 is 5.32 Å². The minimum atomic E-state index is -3.15. The van der Waals surface area contributed by atoms with Crippen molar-refractivity contribution in [3.8, 4) is 0 Å². The summed E-state index contributed by atoms with van der Waals surface area (Å²) >= 11 is 0. The summed E-state index contributed by atoms with van der Waals surface area (Å²) < 4.78 is 23.1. The highest BCUT2D eigenvalue weighted by Gasteiger charge is 2.15. The first-order chi connectivity index (χ1) is 13.0. The van der Waals surface area contributed by atoms with Gasteiger partial charge in [-0.15, -0.1) is 0 Å². The lowest BCUT2D eigenvalue weighted by molar-refractivity contribution is 0.340. The summed E-state index contributed by atoms with van der Waals surface area (Å²) in [6, 6.07) is 17.2. The van der Waals surface area contributed by atoms with E-state index < -0.39 is 9.84 Å². The molecule has 1 saturated heterocycles. The Hall–Kier alpha value is -2.34. The molecule has 27 heavy (non-hydrogen) atoms. The maximum atomic E-state index is 11.6. The number of likely N-dealkylation sites (tertiary alicyclic amines) is 1. The van der Waals surface area contributed by atoms with E-state index in [1.807, 2.05) is 42.5 Å². The Morgan fingerprint density at radius 1 is 1.00 bits per heavy atom. The zero-order chi connectivity index (χ0) is 19.1. The standard InChI is InChI=1S/C21H27N3O2S/c1-27(25,26)20-12-10-18(11-13-20)14-15-22-21(24-16-6-3-7-17-24)23-19-8-4-2-5-9-19/h2,4-5,8-13H,3,6-7,14-17H2,1H3,(H,22,23). The predicted molar refractivity (Wildman–Crippen MR) is 111 cm³/mol. The van der Waals surface area contributed by atoms with Crippen molar-refractivity contribution < 1.29 is 8.42 Å². The van der Waals surface area contributed by atoms with Crippen molar-refractivity contribution in [2.24, 2.45) is 4.99 Å². The molecule has 1 aliphatic heterocycles. The molecule has 6 heteroatoms. The molecule has 0 radical (unpaired) electrons. The second-order valence-electron chi connectivity index (χ2n) is 6.91. The zero-order valence-electron chi connectivity index (χ0n) is 15.8. The first-order valence-electron chi connectivity index (χ1n) is 9.43. The maximum absolute atomic E-state index is 11.6. The molecular weight excluding hydrogens is 358 g/mol. The highest BCUT2D eigenvalue weighted by Crippen LogP contribution is 2.14. The Morgan fingerprint density at radius 3 is 2.30 bits per heavy atom. The molecule has 144 valence electrons. The number of guanidine groups is 1. The number of para-hydroxylation sites is 1. The third kappa shape index (κ3) is 5.82. The summed E-state index contributed by atoms with van der Waals surface area (Å²) in [5.41, 5.74) is 2.13. The molecule has 1 aliphatic rings. The fourth-order valence-corrected chi connectivity index (χ4v) is 3.80. The molecule has 2 aromatic rings. The minimum Gasteiger partial charge on any atom is -0.343 e. The highest BCUT2D eigenvalue weighted by molar-refractivity contribution is 7.90. The number of rotatable bonds is 5. The summed E-state index contributed by atoms with van der Waals surface area (Å²) in [5.74, 6) is 0.925. The average Bonchev–Trinajstić information content (AvgIpc) is 2.68. The van der Waals surface area contributed by atoms with E-state index in [1.54, 1.807) is 12.1 Å². The number of anilines is 1. The molecular formula is C21H27N3O2S. The average molecular weight is 386 g/mol. The second kappa shape index (κ2) is 9.04. The quantitative estimate of drug-likeness (QED) is 0.631. The number of benzene rings is 2. The van der Waals surface area contributed by atoms with E-state index in [-0.39, 0.29) is 0 Å². The normalized spacial score (nSPS) is 15.6. The Bertz CT molecular complexity index is 856. The molecule has 0 atom stereocenters. The van der Waals surface area contributed by atoms with Gasteiger partial charge in [-0.2, -0.15) is 0 Å². The van der Waals surface area contributed by atoms with Crippen LogP contribution in [0.4, 0.5) is 5.69 Å². The van der Waals surface area contributed by atoms with Crippen LogP contribution in [0.1, 0.15) is 24.8 Å². The summed E-state index contributed by atoms with van der Waals surface area (Å²) in [6.07, 6.45) is 5.68. The summed E-state index contributed by atoms with van der Waals surface area (Å²) in [6.45, 7) is 2.72. The van der Waals surface area contributed by atoms with Crippen LogP contribution in [-0.4, -0.2) is 45.2 Å². The molecule has 5 nitrogen and oxygen atoms in total. The van der Waals surface area contributed by atoms with Crippen LogP contribution in [0.15, 0.2) is 64.5 Å². The van der Waals surface area contributed by atoms with Crippen molar-refractivity contribution in [1.82, 2.24) is 4.90 Å². The summed E-state index contributed by atoms with van der Waals surface area (Å²) in [7, 11) is -3.15. The van der Waals surface area contributed by atoms with E-state index in [2.05, 4.69) is 10.2 Å². The molecule has 0 aliphatic carbocycles. The number of sulfone groups is 1. The van der Waals surface area contributed by atoms with Gasteiger partial charge in [-0.05, 0) is 55.5 Å². The summed E-state index contributed by atoms with van der Waals surface area (Å²) in [4.78, 5) is 7.50. The number of hydrogen-bond donors (Lipinski definition) is 1. The van der Waals surface area contributed by atoms with Gasteiger partial charge in [0.25, 0.3) is 0 Å². The van der Waals surface area contributed by atoms with Gasteiger partial charge in [-0.25, -0.2) is 8.42 Å². The fourth-order valence-electron chi connectivity index (χ4n) is 3.17. The van der Waals surface area contributed by atoms with Gasteiger partial charge in [-0.1, -0.05) is 30.3 Å². The smallest absolute Gasteiger partial charge is 0.198 e. The van der Waals surface area contributed by atoms with Crippen LogP contribution in [-0.2, 0) is 16.3 Å². The maximum Gasteiger partial charge on any atom is 0.198 e. The van der Waals surface area contributed by atoms with Gasteiger partial charge in [0.05, 0.1) is 4.90 Å². The van der Waals surface area contributed by atoms with Gasteiger partial charge in [0.15, 0.2) is 15.8 Å². The predicted octanol–water partition coefficient (Wildman–Crippen LogP) is 3.59. The van der Waals surface area contributed by atoms with E-state index in [0.717, 1.165) is 36.7 Å². The van der Waals surface area contributed by atoms with E-state index in [1.165, 1.54) is 25.5 Å². The summed E-state index contributed by atoms with van der Waals surface area (Å²) in [5, 5.41) is 3.46. The molecule has 1 heterocycles. The topological polar surface area (TPSA) is 61.8 Å². The molecule has 0 saturated carbocycles. The zero-order valence-corrected chi connectivity index (χ0v) is 16.6. The molecule has 0 unspecified atom stereocenters. The van der Waals surface area contributed by atoms with Gasteiger partial charge in [0.2, 0.25) is 0 Å². The van der Waals surface area contributed by atoms with Crippen LogP contribution in [0.3, 0.4) is 0 Å². The second-order valence-corrected chi connectivity index (χ2v) is 8.93. The van der Waals surface area contributed by atoms with Gasteiger partial charge in [0.1, 0.15) is 0 Å². The monoisotopic (exact) mass is 385 g/mol. The Morgan fingerprint density at radius 2 is 1.67 bits per heavy atom. The molecule has 1 fully saturated rings. The Kier molecular flexibility index (Phi) is 6.50. The lowest BCUT2D eigenvalue weighted by Gasteiger charge is -2.30. The lowest BCUT2D eigenvalue weighted by Crippen LogP contribution is -2.40. The fraction of sp³-hybridized carbons (Fsp3) is 0.381. The van der Waals surface area contributed by atoms with Crippen molar-refractivity contribution >= 4 is 21.5 Å². The Balaban J connectivity index is 1.67. The molecule has 3 rings (SSSR count). The molecule has 2 aromatic carbocycles. The van der Waals surface area contributed by atoms with Crippen LogP contribution in [0.5, 0.6) is 0 Å². The van der Waals surface area contributed by atoms with E-state index in [9.17, 15) is 8.42 Å². The number of aliphatic imine (C=N–C) groups is 1. The SMILES string of the molecule is CS(=O)(=O)c1ccc(CCN=C(Nc2ccccc2)N2CCCCC2)cc1. The van der Waals surface area contributed by atoms with Crippen molar-refractivity contribution in [2.75, 3.05) is 31.2 Å². The van der Waals surface area contributed by atoms with E-state index in [4.69, 9.17) is 4.99 Å². The van der Waals surface area contributed by atoms with E-state index >= 15 is 0 Å². The highest BCUT2D eigenvalue weighted by atomic mass is 32.2. The van der Waals surface area contributed by atoms with Crippen LogP contribution in [0, 0.1) is 0 Å². The van der Waals surface area contributed by atoms with Crippen LogP contribution in [0.25, 0.3) is 0 Å². The van der Waals surface area contributed by atoms with Gasteiger partial charge >= 0.3 is 0 Å². The number of piperidine rings is 1. The molecule has 0 amide bonds. The van der Waals surface area contributed by atoms with Crippen LogP contribution in [0.2, 0.25) is 0 Å². The van der Waals surface area contributed by atoms with Gasteiger partial charge in [-0.3, -0.25) is 4.99 Å². The van der Waals surface area contributed by atoms with E-state index in [0.29, 0.717) is 11.4 Å². The lowest BCUT2D eigenvalue weighted by atomic mass is 10.1. The molecule has 0 aromatic heterocycles. The minimum absolute atomic E-state index is 0.356. The Labute approximate surface area is 162 Å². The number of nitrogens with zero attached hydrogens (tertiary/aromatic N) is 2. The van der Waals surface area contributed by atoms with Crippen molar-refractivity contribution in [3.63, 3.8) is 0 Å². The molecule has 0 bridgehead atoms. The molecule has 1 N–H and O–H groups in total. The van der Waals surface area contributed by atoms with Crippen molar-refractivity contribution in [3.05, 3.63) is 60.2 Å². The number of hydrogen-bond acceptors (Lipinski definition) is 3. The van der Waals surface area contributed by atoms with Crippen LogP contribution >= 0.6 is 0 Å². The molecule has 0 spiro atoms. The third-order valence-corrected chi connectivity index (χ3v) is 5.83. The first kappa shape index (κ1) is 19.4. The third-order valence-electron chi connectivity index (χ3n) is 4.70. The number of nitrogens with one attached hydrogen (secondary N) is 1. The van der Waals surface area contributed by atoms with Crippen molar-refractivity contribution in [1.29, 1.82) is 0 Å². The van der Waals surface area contributed by atoms with Gasteiger partial charge in [0, 0.05) is 31.6 Å². The van der Waals surface area contributed by atoms with Crippen molar-refractivity contribution in [2.45, 2.75) is 30.6 Å². The first-order valence-corrected chi connectivity index (χ1v) is 11.3.